The maximum atomic E-state index is 6.04. The van der Waals surface area contributed by atoms with Gasteiger partial charge < -0.3 is 10.6 Å². The van der Waals surface area contributed by atoms with E-state index < -0.39 is 0 Å². The van der Waals surface area contributed by atoms with Crippen molar-refractivity contribution in [2.75, 3.05) is 18.0 Å². The van der Waals surface area contributed by atoms with E-state index in [4.69, 9.17) is 17.3 Å². The summed E-state index contributed by atoms with van der Waals surface area (Å²) in [7, 11) is 0. The molecule has 1 aromatic heterocycles. The Hall–Kier alpha value is -0.510. The number of nitrogens with two attached hydrogens (primary N) is 1. The molecule has 2 heterocycles. The first kappa shape index (κ1) is 12.6. The second-order valence-electron chi connectivity index (χ2n) is 4.14. The Balaban J connectivity index is 0.00000112. The molecule has 1 aliphatic heterocycles. The fraction of sp³-hybridized carbons (Fsp3) is 0.500. The standard InChI is InChI=1S/C10H14ClN3.ClH/c1-10(12)5-6-14(7-10)9-4-2-3-8(11)13-9;/h2-4H,5-7,12H2,1H3;1H. The lowest BCUT2D eigenvalue weighted by Crippen LogP contribution is -2.39. The summed E-state index contributed by atoms with van der Waals surface area (Å²) < 4.78 is 0. The average Bonchev–Trinajstić information content (AvgIpc) is 2.46. The Labute approximate surface area is 101 Å². The van der Waals surface area contributed by atoms with Crippen LogP contribution < -0.4 is 10.6 Å². The van der Waals surface area contributed by atoms with Gasteiger partial charge in [-0.1, -0.05) is 17.7 Å². The zero-order valence-electron chi connectivity index (χ0n) is 8.61. The summed E-state index contributed by atoms with van der Waals surface area (Å²) in [6.45, 7) is 3.87. The Morgan fingerprint density at radius 2 is 2.27 bits per heavy atom. The normalized spacial score (nSPS) is 25.1. The molecule has 5 heteroatoms. The first-order valence-corrected chi connectivity index (χ1v) is 5.11. The summed E-state index contributed by atoms with van der Waals surface area (Å²) in [5.41, 5.74) is 5.95. The molecule has 2 N–H and O–H groups in total. The van der Waals surface area contributed by atoms with Crippen molar-refractivity contribution in [3.8, 4) is 0 Å². The van der Waals surface area contributed by atoms with Gasteiger partial charge in [-0.25, -0.2) is 4.98 Å². The van der Waals surface area contributed by atoms with Crippen molar-refractivity contribution in [2.24, 2.45) is 5.73 Å². The Morgan fingerprint density at radius 1 is 1.53 bits per heavy atom. The maximum Gasteiger partial charge on any atom is 0.131 e. The molecule has 15 heavy (non-hydrogen) atoms. The summed E-state index contributed by atoms with van der Waals surface area (Å²) in [6.07, 6.45) is 1.00. The lowest BCUT2D eigenvalue weighted by atomic mass is 10.0. The van der Waals surface area contributed by atoms with Crippen LogP contribution in [0.4, 0.5) is 5.82 Å². The van der Waals surface area contributed by atoms with Gasteiger partial charge in [-0.3, -0.25) is 0 Å². The molecule has 1 saturated heterocycles. The van der Waals surface area contributed by atoms with Gasteiger partial charge in [0.15, 0.2) is 0 Å². The van der Waals surface area contributed by atoms with Crippen molar-refractivity contribution < 1.29 is 0 Å². The molecule has 1 unspecified atom stereocenters. The van der Waals surface area contributed by atoms with Crippen molar-refractivity contribution in [3.05, 3.63) is 23.4 Å². The van der Waals surface area contributed by atoms with Crippen molar-refractivity contribution in [1.29, 1.82) is 0 Å². The van der Waals surface area contributed by atoms with Gasteiger partial charge in [0.2, 0.25) is 0 Å². The van der Waals surface area contributed by atoms with Crippen LogP contribution in [0.15, 0.2) is 18.2 Å². The number of nitrogens with zero attached hydrogens (tertiary/aromatic N) is 2. The molecule has 0 bridgehead atoms. The number of rotatable bonds is 1. The second kappa shape index (κ2) is 4.56. The number of pyridine rings is 1. The highest BCUT2D eigenvalue weighted by Gasteiger charge is 2.30. The summed E-state index contributed by atoms with van der Waals surface area (Å²) in [5, 5.41) is 0.535. The van der Waals surface area contributed by atoms with Crippen molar-refractivity contribution in [2.45, 2.75) is 18.9 Å². The minimum atomic E-state index is -0.0933. The van der Waals surface area contributed by atoms with E-state index in [-0.39, 0.29) is 17.9 Å². The molecule has 2 rings (SSSR count). The highest BCUT2D eigenvalue weighted by atomic mass is 35.5. The van der Waals surface area contributed by atoms with Crippen LogP contribution >= 0.6 is 24.0 Å². The molecule has 1 aliphatic rings. The summed E-state index contributed by atoms with van der Waals surface area (Å²) >= 11 is 5.83. The number of anilines is 1. The van der Waals surface area contributed by atoms with Crippen LogP contribution in [-0.4, -0.2) is 23.6 Å². The third-order valence-electron chi connectivity index (χ3n) is 2.53. The summed E-state index contributed by atoms with van der Waals surface area (Å²) in [6, 6.07) is 5.66. The molecule has 0 radical (unpaired) electrons. The van der Waals surface area contributed by atoms with Crippen LogP contribution in [0.5, 0.6) is 0 Å². The Kier molecular flexibility index (Phi) is 3.82. The van der Waals surface area contributed by atoms with Gasteiger partial charge in [-0.05, 0) is 25.5 Å². The topological polar surface area (TPSA) is 42.1 Å². The SMILES string of the molecule is CC1(N)CCN(c2cccc(Cl)n2)C1.Cl. The molecule has 0 spiro atoms. The molecule has 84 valence electrons. The van der Waals surface area contributed by atoms with E-state index >= 15 is 0 Å². The zero-order chi connectivity index (χ0) is 10.2. The molecule has 0 aromatic carbocycles. The third-order valence-corrected chi connectivity index (χ3v) is 2.74. The fourth-order valence-electron chi connectivity index (χ4n) is 1.75. The number of halogens is 2. The van der Waals surface area contributed by atoms with Crippen LogP contribution in [0.25, 0.3) is 0 Å². The minimum Gasteiger partial charge on any atom is -0.355 e. The molecule has 1 fully saturated rings. The van der Waals surface area contributed by atoms with E-state index in [1.807, 2.05) is 12.1 Å². The van der Waals surface area contributed by atoms with Gasteiger partial charge in [-0.2, -0.15) is 0 Å². The van der Waals surface area contributed by atoms with E-state index in [1.54, 1.807) is 6.07 Å². The molecule has 0 saturated carbocycles. The van der Waals surface area contributed by atoms with E-state index in [2.05, 4.69) is 16.8 Å². The van der Waals surface area contributed by atoms with E-state index in [1.165, 1.54) is 0 Å². The van der Waals surface area contributed by atoms with Crippen molar-refractivity contribution in [1.82, 2.24) is 4.98 Å². The number of aromatic nitrogens is 1. The largest absolute Gasteiger partial charge is 0.355 e. The molecule has 1 aromatic rings. The van der Waals surface area contributed by atoms with Gasteiger partial charge in [0.1, 0.15) is 11.0 Å². The lowest BCUT2D eigenvalue weighted by molar-refractivity contribution is 0.524. The van der Waals surface area contributed by atoms with Gasteiger partial charge >= 0.3 is 0 Å². The highest BCUT2D eigenvalue weighted by molar-refractivity contribution is 6.29. The second-order valence-corrected chi connectivity index (χ2v) is 4.53. The fourth-order valence-corrected chi connectivity index (χ4v) is 1.91. The highest BCUT2D eigenvalue weighted by Crippen LogP contribution is 2.23. The molecule has 0 amide bonds. The average molecular weight is 248 g/mol. The van der Waals surface area contributed by atoms with Crippen LogP contribution in [0.2, 0.25) is 5.15 Å². The smallest absolute Gasteiger partial charge is 0.131 e. The molecule has 1 atom stereocenters. The lowest BCUT2D eigenvalue weighted by Gasteiger charge is -2.20. The molecule has 0 aliphatic carbocycles. The summed E-state index contributed by atoms with van der Waals surface area (Å²) in [5.74, 6) is 0.923. The predicted octanol–water partition coefficient (Wildman–Crippen LogP) is 2.08. The van der Waals surface area contributed by atoms with Gasteiger partial charge in [-0.15, -0.1) is 12.4 Å². The number of hydrogen-bond donors (Lipinski definition) is 1. The predicted molar refractivity (Wildman–Crippen MR) is 65.9 cm³/mol. The molecule has 3 nitrogen and oxygen atoms in total. The molecular formula is C10H15Cl2N3. The first-order valence-electron chi connectivity index (χ1n) is 4.73. The Morgan fingerprint density at radius 3 is 2.80 bits per heavy atom. The van der Waals surface area contributed by atoms with Crippen molar-refractivity contribution in [3.63, 3.8) is 0 Å². The van der Waals surface area contributed by atoms with Crippen LogP contribution in [0.1, 0.15) is 13.3 Å². The quantitative estimate of drug-likeness (QED) is 0.774. The van der Waals surface area contributed by atoms with Crippen LogP contribution in [0.3, 0.4) is 0 Å². The van der Waals surface area contributed by atoms with Crippen molar-refractivity contribution >= 4 is 29.8 Å². The Bertz CT molecular complexity index is 341. The van der Waals surface area contributed by atoms with E-state index in [9.17, 15) is 0 Å². The summed E-state index contributed by atoms with van der Waals surface area (Å²) in [4.78, 5) is 6.43. The maximum absolute atomic E-state index is 6.04. The van der Waals surface area contributed by atoms with Crippen LogP contribution in [0, 0.1) is 0 Å². The van der Waals surface area contributed by atoms with Crippen LogP contribution in [-0.2, 0) is 0 Å². The monoisotopic (exact) mass is 247 g/mol. The number of hydrogen-bond acceptors (Lipinski definition) is 3. The molecular weight excluding hydrogens is 233 g/mol. The van der Waals surface area contributed by atoms with Gasteiger partial charge in [0.25, 0.3) is 0 Å². The van der Waals surface area contributed by atoms with Gasteiger partial charge in [0.05, 0.1) is 0 Å². The van der Waals surface area contributed by atoms with E-state index in [0.717, 1.165) is 25.3 Å². The zero-order valence-corrected chi connectivity index (χ0v) is 10.2. The third kappa shape index (κ3) is 2.97. The van der Waals surface area contributed by atoms with E-state index in [0.29, 0.717) is 5.15 Å². The minimum absolute atomic E-state index is 0. The van der Waals surface area contributed by atoms with Gasteiger partial charge in [0, 0.05) is 18.6 Å². The first-order chi connectivity index (χ1) is 6.57.